The molecular weight excluding hydrogens is 471 g/mol. The smallest absolute Gasteiger partial charge is 0.200 e. The molecular formula is C25H23F5N2OS. The van der Waals surface area contributed by atoms with E-state index >= 15 is 0 Å². The number of allylic oxidation sites excluding steroid dienone is 5. The summed E-state index contributed by atoms with van der Waals surface area (Å²) in [5, 5.41) is 9.09. The number of thiophene rings is 1. The van der Waals surface area contributed by atoms with Crippen molar-refractivity contribution in [1.82, 2.24) is 0 Å². The maximum atomic E-state index is 14.2. The average Bonchev–Trinajstić information content (AvgIpc) is 3.26. The van der Waals surface area contributed by atoms with Crippen LogP contribution in [0.15, 0.2) is 56.6 Å². The summed E-state index contributed by atoms with van der Waals surface area (Å²) >= 11 is 1.24. The van der Waals surface area contributed by atoms with E-state index in [2.05, 4.69) is 10.2 Å². The van der Waals surface area contributed by atoms with E-state index in [1.54, 1.807) is 29.7 Å². The van der Waals surface area contributed by atoms with Gasteiger partial charge >= 0.3 is 0 Å². The molecule has 180 valence electrons. The molecule has 1 aromatic carbocycles. The van der Waals surface area contributed by atoms with Gasteiger partial charge in [-0.3, -0.25) is 4.79 Å². The normalized spacial score (nSPS) is 15.1. The monoisotopic (exact) mass is 494 g/mol. The molecule has 1 aliphatic rings. The predicted octanol–water partition coefficient (Wildman–Crippen LogP) is 8.47. The number of azo groups is 1. The van der Waals surface area contributed by atoms with Crippen LogP contribution in [0, 0.1) is 39.9 Å². The van der Waals surface area contributed by atoms with Gasteiger partial charge in [0.15, 0.2) is 34.7 Å². The lowest BCUT2D eigenvalue weighted by Crippen LogP contribution is -2.28. The summed E-state index contributed by atoms with van der Waals surface area (Å²) in [6.45, 7) is 11.3. The number of halogens is 5. The summed E-state index contributed by atoms with van der Waals surface area (Å²) in [5.41, 5.74) is -0.901. The quantitative estimate of drug-likeness (QED) is 0.183. The highest BCUT2D eigenvalue weighted by Gasteiger charge is 2.35. The molecule has 0 saturated heterocycles. The lowest BCUT2D eigenvalue weighted by atomic mass is 9.71. The van der Waals surface area contributed by atoms with Crippen LogP contribution in [0.2, 0.25) is 0 Å². The van der Waals surface area contributed by atoms with Crippen molar-refractivity contribution < 1.29 is 26.7 Å². The van der Waals surface area contributed by atoms with Gasteiger partial charge in [0, 0.05) is 16.7 Å². The molecule has 0 bridgehead atoms. The van der Waals surface area contributed by atoms with Crippen molar-refractivity contribution in [2.24, 2.45) is 21.1 Å². The minimum Gasteiger partial charge on any atom is -0.289 e. The molecule has 2 aromatic rings. The number of nitrogens with zero attached hydrogens (tertiary/aromatic N) is 2. The van der Waals surface area contributed by atoms with Crippen LogP contribution < -0.4 is 0 Å². The largest absolute Gasteiger partial charge is 0.289 e. The second-order valence-electron chi connectivity index (χ2n) is 9.84. The molecule has 0 N–H and O–H groups in total. The molecule has 3 nitrogen and oxygen atoms in total. The fraction of sp³-hybridized carbons (Fsp3) is 0.320. The van der Waals surface area contributed by atoms with Crippen molar-refractivity contribution in [2.45, 2.75) is 41.5 Å². The molecule has 1 heterocycles. The van der Waals surface area contributed by atoms with Gasteiger partial charge in [-0.25, -0.2) is 22.0 Å². The Morgan fingerprint density at radius 2 is 1.26 bits per heavy atom. The topological polar surface area (TPSA) is 41.8 Å². The van der Waals surface area contributed by atoms with Gasteiger partial charge in [0.1, 0.15) is 5.70 Å². The highest BCUT2D eigenvalue weighted by atomic mass is 32.1. The number of hydrogen-bond donors (Lipinski definition) is 0. The van der Waals surface area contributed by atoms with Crippen LogP contribution in [-0.2, 0) is 4.79 Å². The van der Waals surface area contributed by atoms with Crippen LogP contribution >= 0.6 is 11.3 Å². The third-order valence-electron chi connectivity index (χ3n) is 5.17. The minimum atomic E-state index is -2.27. The Bertz CT molecular complexity index is 1210. The lowest BCUT2D eigenvalue weighted by Gasteiger charge is -2.31. The zero-order chi connectivity index (χ0) is 25.6. The van der Waals surface area contributed by atoms with Gasteiger partial charge in [0.05, 0.1) is 4.88 Å². The SMILES string of the molecule is CC(C)(C)C1=CC(=C(N=Nc2c(F)c(F)c(F)c(F)c2F)c2cccs2)C=C(C(C)(C)C)C1=O. The average molecular weight is 495 g/mol. The van der Waals surface area contributed by atoms with Crippen molar-refractivity contribution in [3.63, 3.8) is 0 Å². The second kappa shape index (κ2) is 9.02. The third kappa shape index (κ3) is 4.80. The first-order valence-electron chi connectivity index (χ1n) is 10.3. The Morgan fingerprint density at radius 1 is 0.794 bits per heavy atom. The molecule has 0 radical (unpaired) electrons. The highest BCUT2D eigenvalue weighted by molar-refractivity contribution is 7.11. The van der Waals surface area contributed by atoms with Crippen molar-refractivity contribution in [3.8, 4) is 0 Å². The second-order valence-corrected chi connectivity index (χ2v) is 10.8. The first-order chi connectivity index (χ1) is 15.6. The summed E-state index contributed by atoms with van der Waals surface area (Å²) in [4.78, 5) is 13.8. The molecule has 0 aliphatic heterocycles. The Labute approximate surface area is 198 Å². The summed E-state index contributed by atoms with van der Waals surface area (Å²) in [5.74, 6) is -10.8. The molecule has 0 spiro atoms. The van der Waals surface area contributed by atoms with Crippen molar-refractivity contribution in [2.75, 3.05) is 0 Å². The molecule has 0 fully saturated rings. The molecule has 0 saturated carbocycles. The van der Waals surface area contributed by atoms with E-state index in [4.69, 9.17) is 0 Å². The summed E-state index contributed by atoms with van der Waals surface area (Å²) in [6, 6.07) is 3.39. The lowest BCUT2D eigenvalue weighted by molar-refractivity contribution is -0.114. The van der Waals surface area contributed by atoms with Gasteiger partial charge in [-0.05, 0) is 34.4 Å². The number of carbonyl (C=O) groups excluding carboxylic acids is 1. The number of rotatable bonds is 3. The third-order valence-corrected chi connectivity index (χ3v) is 6.05. The van der Waals surface area contributed by atoms with E-state index in [0.717, 1.165) is 0 Å². The van der Waals surface area contributed by atoms with Crippen LogP contribution in [0.1, 0.15) is 46.4 Å². The van der Waals surface area contributed by atoms with Crippen LogP contribution in [-0.4, -0.2) is 5.78 Å². The number of hydrogen-bond acceptors (Lipinski definition) is 4. The van der Waals surface area contributed by atoms with Gasteiger partial charge < -0.3 is 0 Å². The Kier molecular flexibility index (Phi) is 6.81. The Morgan fingerprint density at radius 3 is 1.68 bits per heavy atom. The molecule has 0 amide bonds. The molecule has 1 aromatic heterocycles. The van der Waals surface area contributed by atoms with Gasteiger partial charge in [-0.1, -0.05) is 47.6 Å². The van der Waals surface area contributed by atoms with E-state index in [1.807, 2.05) is 41.5 Å². The van der Waals surface area contributed by atoms with Crippen LogP contribution in [0.4, 0.5) is 27.6 Å². The predicted molar refractivity (Wildman–Crippen MR) is 122 cm³/mol. The maximum Gasteiger partial charge on any atom is 0.200 e. The summed E-state index contributed by atoms with van der Waals surface area (Å²) in [7, 11) is 0. The van der Waals surface area contributed by atoms with E-state index < -0.39 is 45.6 Å². The van der Waals surface area contributed by atoms with Crippen LogP contribution in [0.5, 0.6) is 0 Å². The molecule has 3 rings (SSSR count). The van der Waals surface area contributed by atoms with Gasteiger partial charge in [0.25, 0.3) is 0 Å². The first-order valence-corrected chi connectivity index (χ1v) is 11.2. The highest BCUT2D eigenvalue weighted by Crippen LogP contribution is 2.41. The van der Waals surface area contributed by atoms with Crippen molar-refractivity contribution in [1.29, 1.82) is 0 Å². The number of benzene rings is 1. The number of ketones is 1. The zero-order valence-electron chi connectivity index (χ0n) is 19.5. The van der Waals surface area contributed by atoms with E-state index in [9.17, 15) is 26.7 Å². The molecule has 9 heteroatoms. The van der Waals surface area contributed by atoms with E-state index in [-0.39, 0.29) is 11.5 Å². The van der Waals surface area contributed by atoms with Crippen molar-refractivity contribution >= 4 is 28.5 Å². The fourth-order valence-corrected chi connectivity index (χ4v) is 4.05. The molecule has 0 atom stereocenters. The number of Topliss-reactive ketones (excluding diaryl/α,β-unsaturated/α-hetero) is 1. The van der Waals surface area contributed by atoms with Crippen molar-refractivity contribution in [3.05, 3.63) is 80.3 Å². The Balaban J connectivity index is 2.32. The Hall–Kier alpha value is -2.94. The first kappa shape index (κ1) is 25.7. The molecule has 1 aliphatic carbocycles. The van der Waals surface area contributed by atoms with E-state index in [1.165, 1.54) is 11.3 Å². The van der Waals surface area contributed by atoms with Gasteiger partial charge in [-0.2, -0.15) is 0 Å². The minimum absolute atomic E-state index is 0.133. The van der Waals surface area contributed by atoms with Crippen LogP contribution in [0.25, 0.3) is 5.70 Å². The van der Waals surface area contributed by atoms with Gasteiger partial charge in [-0.15, -0.1) is 21.6 Å². The summed E-state index contributed by atoms with van der Waals surface area (Å²) < 4.78 is 69.0. The number of carbonyl (C=O) groups is 1. The fourth-order valence-electron chi connectivity index (χ4n) is 3.32. The summed E-state index contributed by atoms with van der Waals surface area (Å²) in [6.07, 6.45) is 3.26. The maximum absolute atomic E-state index is 14.2. The van der Waals surface area contributed by atoms with E-state index in [0.29, 0.717) is 21.6 Å². The molecule has 0 unspecified atom stereocenters. The zero-order valence-corrected chi connectivity index (χ0v) is 20.3. The standard InChI is InChI=1S/C25H23F5N2OS/c1-24(2,3)13-10-12(11-14(23(13)33)25(4,5)6)21(15-8-7-9-34-15)31-32-22-19(29)17(27)16(26)18(28)20(22)30/h7-11H,1-6H3. The van der Waals surface area contributed by atoms with Gasteiger partial charge in [0.2, 0.25) is 5.82 Å². The van der Waals surface area contributed by atoms with Crippen LogP contribution in [0.3, 0.4) is 0 Å². The molecule has 34 heavy (non-hydrogen) atoms.